The van der Waals surface area contributed by atoms with Gasteiger partial charge in [0.2, 0.25) is 0 Å². The maximum atomic E-state index is 13.6. The lowest BCUT2D eigenvalue weighted by Crippen LogP contribution is -2.56. The van der Waals surface area contributed by atoms with Gasteiger partial charge in [0, 0.05) is 15.1 Å². The van der Waals surface area contributed by atoms with E-state index in [2.05, 4.69) is 21.0 Å². The maximum Gasteiger partial charge on any atom is 0.438 e. The van der Waals surface area contributed by atoms with Gasteiger partial charge >= 0.3 is 6.18 Å². The molecule has 1 atom stereocenters. The number of nitrogens with zero attached hydrogens (tertiary/aromatic N) is 2. The van der Waals surface area contributed by atoms with Crippen molar-refractivity contribution in [1.29, 1.82) is 0 Å². The van der Waals surface area contributed by atoms with E-state index in [0.29, 0.717) is 10.0 Å². The molecule has 0 radical (unpaired) electrons. The van der Waals surface area contributed by atoms with Crippen molar-refractivity contribution in [2.24, 2.45) is 5.10 Å². The first-order valence-corrected chi connectivity index (χ1v) is 8.51. The number of hydrogen-bond donors (Lipinski definition) is 1. The molecule has 3 rings (SSSR count). The number of amides is 1. The van der Waals surface area contributed by atoms with Crippen molar-refractivity contribution in [3.05, 3.63) is 69.2 Å². The van der Waals surface area contributed by atoms with Gasteiger partial charge < -0.3 is 5.11 Å². The third-order valence-corrected chi connectivity index (χ3v) is 4.59. The van der Waals surface area contributed by atoms with E-state index in [4.69, 9.17) is 11.6 Å². The first-order chi connectivity index (χ1) is 12.1. The van der Waals surface area contributed by atoms with Crippen LogP contribution in [0.4, 0.5) is 13.2 Å². The molecule has 1 aliphatic heterocycles. The van der Waals surface area contributed by atoms with Crippen LogP contribution in [0.25, 0.3) is 0 Å². The van der Waals surface area contributed by atoms with Crippen LogP contribution < -0.4 is 0 Å². The number of carbonyl (C=O) groups excluding carboxylic acids is 1. The van der Waals surface area contributed by atoms with E-state index in [0.717, 1.165) is 0 Å². The predicted molar refractivity (Wildman–Crippen MR) is 93.9 cm³/mol. The predicted octanol–water partition coefficient (Wildman–Crippen LogP) is 4.60. The molecular weight excluding hydrogens is 437 g/mol. The molecule has 9 heteroatoms. The lowest BCUT2D eigenvalue weighted by atomic mass is 10.0. The minimum Gasteiger partial charge on any atom is -0.362 e. The van der Waals surface area contributed by atoms with Crippen molar-refractivity contribution in [1.82, 2.24) is 5.01 Å². The van der Waals surface area contributed by atoms with E-state index in [1.54, 1.807) is 24.3 Å². The first kappa shape index (κ1) is 18.9. The fourth-order valence-corrected chi connectivity index (χ4v) is 3.14. The molecule has 2 aromatic rings. The molecule has 0 unspecified atom stereocenters. The van der Waals surface area contributed by atoms with Crippen molar-refractivity contribution >= 4 is 39.1 Å². The molecule has 0 saturated heterocycles. The van der Waals surface area contributed by atoms with Crippen LogP contribution in [0.2, 0.25) is 5.02 Å². The van der Waals surface area contributed by atoms with E-state index in [1.807, 2.05) is 0 Å². The van der Waals surface area contributed by atoms with Crippen molar-refractivity contribution in [3.8, 4) is 0 Å². The standard InChI is InChI=1S/C17H11BrClF3N2O2/c18-12-5-1-3-10(7-12)14-9-16(26,17(20,21)22)24(23-14)15(25)11-4-2-6-13(19)8-11/h1-8,26H,9H2/t16-/m0/s1. The average Bonchev–Trinajstić information content (AvgIpc) is 2.93. The van der Waals surface area contributed by atoms with Crippen LogP contribution in [-0.2, 0) is 0 Å². The number of hydrogen-bond acceptors (Lipinski definition) is 3. The Morgan fingerprint density at radius 3 is 2.54 bits per heavy atom. The summed E-state index contributed by atoms with van der Waals surface area (Å²) in [7, 11) is 0. The summed E-state index contributed by atoms with van der Waals surface area (Å²) in [5.74, 6) is -1.10. The van der Waals surface area contributed by atoms with Crippen molar-refractivity contribution in [2.45, 2.75) is 18.3 Å². The molecule has 4 nitrogen and oxygen atoms in total. The van der Waals surface area contributed by atoms with Crippen molar-refractivity contribution in [3.63, 3.8) is 0 Å². The Bertz CT molecular complexity index is 904. The highest BCUT2D eigenvalue weighted by Crippen LogP contribution is 2.42. The third kappa shape index (κ3) is 3.36. The minimum atomic E-state index is -5.10. The second kappa shape index (κ2) is 6.68. The number of benzene rings is 2. The summed E-state index contributed by atoms with van der Waals surface area (Å²) >= 11 is 9.03. The molecule has 136 valence electrons. The van der Waals surface area contributed by atoms with E-state index < -0.39 is 24.2 Å². The summed E-state index contributed by atoms with van der Waals surface area (Å²) < 4.78 is 41.3. The SMILES string of the molecule is O=C(c1cccc(Cl)c1)N1N=C(c2cccc(Br)c2)C[C@]1(O)C(F)(F)F. The lowest BCUT2D eigenvalue weighted by Gasteiger charge is -2.32. The Balaban J connectivity index is 2.07. The lowest BCUT2D eigenvalue weighted by molar-refractivity contribution is -0.297. The Morgan fingerprint density at radius 2 is 1.92 bits per heavy atom. The molecule has 2 aromatic carbocycles. The highest BCUT2D eigenvalue weighted by molar-refractivity contribution is 9.10. The molecule has 1 aliphatic rings. The molecule has 1 N–H and O–H groups in total. The van der Waals surface area contributed by atoms with Gasteiger partial charge in [0.15, 0.2) is 0 Å². The molecule has 0 spiro atoms. The van der Waals surface area contributed by atoms with Crippen molar-refractivity contribution in [2.75, 3.05) is 0 Å². The van der Waals surface area contributed by atoms with Gasteiger partial charge in [0.25, 0.3) is 11.6 Å². The van der Waals surface area contributed by atoms with Gasteiger partial charge in [0.05, 0.1) is 12.1 Å². The number of aliphatic hydroxyl groups is 1. The van der Waals surface area contributed by atoms with Gasteiger partial charge in [-0.25, -0.2) is 0 Å². The minimum absolute atomic E-state index is 0.0542. The second-order valence-electron chi connectivity index (χ2n) is 5.68. The summed E-state index contributed by atoms with van der Waals surface area (Å²) in [5.41, 5.74) is -3.24. The molecule has 0 saturated carbocycles. The largest absolute Gasteiger partial charge is 0.438 e. The molecule has 0 aromatic heterocycles. The van der Waals surface area contributed by atoms with E-state index >= 15 is 0 Å². The molecule has 0 aliphatic carbocycles. The third-order valence-electron chi connectivity index (χ3n) is 3.86. The summed E-state index contributed by atoms with van der Waals surface area (Å²) in [6, 6.07) is 11.9. The van der Waals surface area contributed by atoms with Crippen molar-refractivity contribution < 1.29 is 23.1 Å². The zero-order valence-corrected chi connectivity index (χ0v) is 15.3. The van der Waals surface area contributed by atoms with Gasteiger partial charge in [-0.05, 0) is 35.9 Å². The number of alkyl halides is 3. The summed E-state index contributed by atoms with van der Waals surface area (Å²) in [6.07, 6.45) is -5.97. The van der Waals surface area contributed by atoms with E-state index in [9.17, 15) is 23.1 Å². The smallest absolute Gasteiger partial charge is 0.362 e. The first-order valence-electron chi connectivity index (χ1n) is 7.34. The topological polar surface area (TPSA) is 52.9 Å². The molecule has 0 fully saturated rings. The zero-order chi connectivity index (χ0) is 19.1. The fraction of sp³-hybridized carbons (Fsp3) is 0.176. The monoisotopic (exact) mass is 446 g/mol. The molecule has 1 heterocycles. The van der Waals surface area contributed by atoms with Gasteiger partial charge in [-0.3, -0.25) is 4.79 Å². The van der Waals surface area contributed by atoms with E-state index in [1.165, 1.54) is 24.3 Å². The van der Waals surface area contributed by atoms with Crippen LogP contribution in [0.15, 0.2) is 58.1 Å². The maximum absolute atomic E-state index is 13.6. The molecular formula is C17H11BrClF3N2O2. The highest BCUT2D eigenvalue weighted by Gasteiger charge is 2.63. The van der Waals surface area contributed by atoms with Crippen LogP contribution in [-0.4, -0.2) is 33.6 Å². The number of rotatable bonds is 2. The van der Waals surface area contributed by atoms with Crippen LogP contribution in [0.1, 0.15) is 22.3 Å². The number of halogens is 5. The summed E-state index contributed by atoms with van der Waals surface area (Å²) in [5, 5.41) is 14.4. The number of hydrazone groups is 1. The Hall–Kier alpha value is -1.90. The molecule has 1 amide bonds. The normalized spacial score (nSPS) is 20.2. The van der Waals surface area contributed by atoms with Crippen LogP contribution >= 0.6 is 27.5 Å². The van der Waals surface area contributed by atoms with Crippen LogP contribution in [0.5, 0.6) is 0 Å². The highest BCUT2D eigenvalue weighted by atomic mass is 79.9. The quantitative estimate of drug-likeness (QED) is 0.731. The number of carbonyl (C=O) groups is 1. The fourth-order valence-electron chi connectivity index (χ4n) is 2.55. The van der Waals surface area contributed by atoms with E-state index in [-0.39, 0.29) is 21.3 Å². The summed E-state index contributed by atoms with van der Waals surface area (Å²) in [4.78, 5) is 12.6. The van der Waals surface area contributed by atoms with Gasteiger partial charge in [-0.2, -0.15) is 23.3 Å². The Labute approximate surface area is 160 Å². The van der Waals surface area contributed by atoms with Crippen LogP contribution in [0.3, 0.4) is 0 Å². The van der Waals surface area contributed by atoms with Crippen LogP contribution in [0, 0.1) is 0 Å². The molecule has 26 heavy (non-hydrogen) atoms. The van der Waals surface area contributed by atoms with Gasteiger partial charge in [-0.15, -0.1) is 0 Å². The summed E-state index contributed by atoms with van der Waals surface area (Å²) in [6.45, 7) is 0. The molecule has 0 bridgehead atoms. The van der Waals surface area contributed by atoms with Gasteiger partial charge in [-0.1, -0.05) is 45.7 Å². The Kier molecular flexibility index (Phi) is 4.85. The Morgan fingerprint density at radius 1 is 1.23 bits per heavy atom. The second-order valence-corrected chi connectivity index (χ2v) is 7.03. The zero-order valence-electron chi connectivity index (χ0n) is 13.0. The average molecular weight is 448 g/mol. The van der Waals surface area contributed by atoms with Gasteiger partial charge in [0.1, 0.15) is 0 Å².